The zero-order valence-electron chi connectivity index (χ0n) is 19.7. The summed E-state index contributed by atoms with van der Waals surface area (Å²) in [7, 11) is -3.42. The number of esters is 2. The first-order chi connectivity index (χ1) is 15.2. The lowest BCUT2D eigenvalue weighted by molar-refractivity contribution is -0.147. The van der Waals surface area contributed by atoms with Crippen molar-refractivity contribution in [3.63, 3.8) is 0 Å². The van der Waals surface area contributed by atoms with Gasteiger partial charge >= 0.3 is 11.9 Å². The van der Waals surface area contributed by atoms with Crippen LogP contribution in [0.3, 0.4) is 0 Å². The Balaban J connectivity index is 2.76. The van der Waals surface area contributed by atoms with Gasteiger partial charge in [0.1, 0.15) is 6.10 Å². The van der Waals surface area contributed by atoms with E-state index in [2.05, 4.69) is 6.92 Å². The zero-order chi connectivity index (χ0) is 24.0. The Morgan fingerprint density at radius 3 is 2.47 bits per heavy atom. The van der Waals surface area contributed by atoms with Crippen molar-refractivity contribution in [1.29, 1.82) is 0 Å². The highest BCUT2D eigenvalue weighted by atomic mass is 32.2. The number of ether oxygens (including phenoxy) is 2. The standard InChI is InChI=1S/C24H37NO6S/c1-5-7-8-13-23(31-20(3)26)14-10-17-25(32(4,28)29)19-22-12-9-11-21(18-22)15-16-24(27)30-6-2/h9,11-12,15-16,18,23H,5-8,10,13-14,17,19H2,1-4H3. The molecule has 0 saturated carbocycles. The van der Waals surface area contributed by atoms with E-state index in [1.165, 1.54) is 23.6 Å². The number of carbonyl (C=O) groups is 2. The molecule has 0 aliphatic carbocycles. The van der Waals surface area contributed by atoms with Gasteiger partial charge in [0.25, 0.3) is 0 Å². The molecular weight excluding hydrogens is 430 g/mol. The van der Waals surface area contributed by atoms with Gasteiger partial charge in [0.15, 0.2) is 0 Å². The van der Waals surface area contributed by atoms with Crippen molar-refractivity contribution < 1.29 is 27.5 Å². The maximum atomic E-state index is 12.3. The molecule has 1 unspecified atom stereocenters. The summed E-state index contributed by atoms with van der Waals surface area (Å²) in [4.78, 5) is 22.9. The average Bonchev–Trinajstić information content (AvgIpc) is 2.71. The average molecular weight is 468 g/mol. The number of rotatable bonds is 15. The quantitative estimate of drug-likeness (QED) is 0.217. The molecule has 0 aromatic heterocycles. The molecule has 8 heteroatoms. The Labute approximate surface area is 192 Å². The van der Waals surface area contributed by atoms with E-state index in [-0.39, 0.29) is 18.6 Å². The topological polar surface area (TPSA) is 90.0 Å². The molecule has 1 aromatic rings. The van der Waals surface area contributed by atoms with E-state index in [0.717, 1.165) is 36.8 Å². The largest absolute Gasteiger partial charge is 0.463 e. The molecule has 0 N–H and O–H groups in total. The van der Waals surface area contributed by atoms with Gasteiger partial charge in [0.05, 0.1) is 12.9 Å². The third-order valence-electron chi connectivity index (χ3n) is 4.87. The number of sulfonamides is 1. The third-order valence-corrected chi connectivity index (χ3v) is 6.12. The van der Waals surface area contributed by atoms with Crippen LogP contribution in [-0.2, 0) is 35.6 Å². The van der Waals surface area contributed by atoms with Crippen molar-refractivity contribution in [2.75, 3.05) is 19.4 Å². The molecule has 0 amide bonds. The van der Waals surface area contributed by atoms with E-state index < -0.39 is 16.0 Å². The second kappa shape index (κ2) is 14.8. The number of hydrogen-bond donors (Lipinski definition) is 0. The van der Waals surface area contributed by atoms with E-state index in [1.807, 2.05) is 24.3 Å². The molecule has 1 atom stereocenters. The fourth-order valence-corrected chi connectivity index (χ4v) is 4.17. The van der Waals surface area contributed by atoms with E-state index in [1.54, 1.807) is 13.0 Å². The minimum absolute atomic E-state index is 0.184. The first-order valence-corrected chi connectivity index (χ1v) is 13.1. The van der Waals surface area contributed by atoms with Gasteiger partial charge in [-0.25, -0.2) is 13.2 Å². The van der Waals surface area contributed by atoms with Gasteiger partial charge in [-0.3, -0.25) is 4.79 Å². The van der Waals surface area contributed by atoms with Gasteiger partial charge in [-0.05, 0) is 49.8 Å². The summed E-state index contributed by atoms with van der Waals surface area (Å²) in [5.74, 6) is -0.726. The number of unbranched alkanes of at least 4 members (excludes halogenated alkanes) is 2. The van der Waals surface area contributed by atoms with Crippen molar-refractivity contribution in [3.05, 3.63) is 41.5 Å². The van der Waals surface area contributed by atoms with E-state index in [0.29, 0.717) is 26.0 Å². The van der Waals surface area contributed by atoms with Crippen LogP contribution in [-0.4, -0.2) is 50.2 Å². The fraction of sp³-hybridized carbons (Fsp3) is 0.583. The molecule has 0 spiro atoms. The Bertz CT molecular complexity index is 850. The van der Waals surface area contributed by atoms with Gasteiger partial charge < -0.3 is 9.47 Å². The summed E-state index contributed by atoms with van der Waals surface area (Å²) in [5.41, 5.74) is 1.61. The smallest absolute Gasteiger partial charge is 0.330 e. The highest BCUT2D eigenvalue weighted by Gasteiger charge is 2.19. The van der Waals surface area contributed by atoms with E-state index >= 15 is 0 Å². The summed E-state index contributed by atoms with van der Waals surface area (Å²) in [6, 6.07) is 7.36. The summed E-state index contributed by atoms with van der Waals surface area (Å²) >= 11 is 0. The minimum Gasteiger partial charge on any atom is -0.463 e. The van der Waals surface area contributed by atoms with E-state index in [9.17, 15) is 18.0 Å². The fourth-order valence-electron chi connectivity index (χ4n) is 3.33. The van der Waals surface area contributed by atoms with Crippen molar-refractivity contribution in [3.8, 4) is 0 Å². The summed E-state index contributed by atoms with van der Waals surface area (Å²) in [6.07, 6.45) is 9.17. The summed E-state index contributed by atoms with van der Waals surface area (Å²) in [6.45, 7) is 6.14. The first-order valence-electron chi connectivity index (χ1n) is 11.2. The van der Waals surface area contributed by atoms with E-state index in [4.69, 9.17) is 9.47 Å². The molecule has 0 aliphatic heterocycles. The van der Waals surface area contributed by atoms with Crippen LogP contribution >= 0.6 is 0 Å². The second-order valence-electron chi connectivity index (χ2n) is 7.80. The highest BCUT2D eigenvalue weighted by Crippen LogP contribution is 2.16. The van der Waals surface area contributed by atoms with Gasteiger partial charge in [-0.1, -0.05) is 44.0 Å². The van der Waals surface area contributed by atoms with Crippen LogP contribution < -0.4 is 0 Å². The highest BCUT2D eigenvalue weighted by molar-refractivity contribution is 7.88. The lowest BCUT2D eigenvalue weighted by atomic mass is 10.1. The van der Waals surface area contributed by atoms with Crippen LogP contribution in [0.4, 0.5) is 0 Å². The van der Waals surface area contributed by atoms with Crippen molar-refractivity contribution >= 4 is 28.0 Å². The first kappa shape index (κ1) is 27.8. The van der Waals surface area contributed by atoms with Crippen LogP contribution in [0.15, 0.2) is 30.3 Å². The predicted molar refractivity (Wildman–Crippen MR) is 126 cm³/mol. The maximum absolute atomic E-state index is 12.3. The molecule has 0 heterocycles. The van der Waals surface area contributed by atoms with Crippen LogP contribution in [0.5, 0.6) is 0 Å². The van der Waals surface area contributed by atoms with Gasteiger partial charge in [-0.2, -0.15) is 4.31 Å². The molecule has 1 rings (SSSR count). The summed E-state index contributed by atoms with van der Waals surface area (Å²) < 4.78 is 36.4. The normalized spacial score (nSPS) is 12.8. The second-order valence-corrected chi connectivity index (χ2v) is 9.78. The third kappa shape index (κ3) is 12.0. The summed E-state index contributed by atoms with van der Waals surface area (Å²) in [5, 5.41) is 0. The lowest BCUT2D eigenvalue weighted by Gasteiger charge is -2.22. The van der Waals surface area contributed by atoms with Crippen molar-refractivity contribution in [2.45, 2.75) is 71.9 Å². The van der Waals surface area contributed by atoms with Crippen molar-refractivity contribution in [2.24, 2.45) is 0 Å². The molecular formula is C24H37NO6S. The van der Waals surface area contributed by atoms with Crippen LogP contribution in [0.2, 0.25) is 0 Å². The van der Waals surface area contributed by atoms with Crippen LogP contribution in [0.25, 0.3) is 6.08 Å². The van der Waals surface area contributed by atoms with Gasteiger partial charge in [-0.15, -0.1) is 0 Å². The Morgan fingerprint density at radius 2 is 1.84 bits per heavy atom. The molecule has 0 bridgehead atoms. The molecule has 0 fully saturated rings. The van der Waals surface area contributed by atoms with Crippen LogP contribution in [0.1, 0.15) is 70.4 Å². The number of nitrogens with zero attached hydrogens (tertiary/aromatic N) is 1. The minimum atomic E-state index is -3.42. The predicted octanol–water partition coefficient (Wildman–Crippen LogP) is 4.32. The molecule has 0 radical (unpaired) electrons. The van der Waals surface area contributed by atoms with Gasteiger partial charge in [0.2, 0.25) is 10.0 Å². The van der Waals surface area contributed by atoms with Gasteiger partial charge in [0, 0.05) is 26.1 Å². The maximum Gasteiger partial charge on any atom is 0.330 e. The molecule has 7 nitrogen and oxygen atoms in total. The lowest BCUT2D eigenvalue weighted by Crippen LogP contribution is -2.31. The Kier molecular flexibility index (Phi) is 12.9. The monoisotopic (exact) mass is 467 g/mol. The molecule has 180 valence electrons. The molecule has 0 aliphatic rings. The van der Waals surface area contributed by atoms with Crippen LogP contribution in [0, 0.1) is 0 Å². The van der Waals surface area contributed by atoms with Crippen molar-refractivity contribution in [1.82, 2.24) is 4.31 Å². The SMILES string of the molecule is CCCCCC(CCCN(Cc1cccc(C=CC(=O)OCC)c1)S(C)(=O)=O)OC(C)=O. The molecule has 1 aromatic carbocycles. The molecule has 0 saturated heterocycles. The Hall–Kier alpha value is -2.19. The Morgan fingerprint density at radius 1 is 1.12 bits per heavy atom. The number of carbonyl (C=O) groups excluding carboxylic acids is 2. The zero-order valence-corrected chi connectivity index (χ0v) is 20.5. The number of hydrogen-bond acceptors (Lipinski definition) is 6. The molecule has 32 heavy (non-hydrogen) atoms. The number of benzene rings is 1.